The summed E-state index contributed by atoms with van der Waals surface area (Å²) in [5, 5.41) is 20.7. The first kappa shape index (κ1) is 13.4. The smallest absolute Gasteiger partial charge is 0.407 e. The molecule has 0 unspecified atom stereocenters. The summed E-state index contributed by atoms with van der Waals surface area (Å²) in [7, 11) is 0. The molecule has 0 spiro atoms. The first-order valence-electron chi connectivity index (χ1n) is 6.70. The molecule has 1 aromatic heterocycles. The first-order valence-corrected chi connectivity index (χ1v) is 7.08. The predicted octanol–water partition coefficient (Wildman–Crippen LogP) is 2.32. The van der Waals surface area contributed by atoms with Crippen molar-refractivity contribution < 1.29 is 9.90 Å². The van der Waals surface area contributed by atoms with Crippen LogP contribution in [0.2, 0.25) is 5.15 Å². The second-order valence-corrected chi connectivity index (χ2v) is 6.42. The van der Waals surface area contributed by atoms with E-state index in [1.165, 1.54) is 4.90 Å². The fourth-order valence-electron chi connectivity index (χ4n) is 3.55. The fraction of sp³-hybridized carbons (Fsp3) is 0.615. The van der Waals surface area contributed by atoms with E-state index >= 15 is 0 Å². The monoisotopic (exact) mass is 296 g/mol. The van der Waals surface area contributed by atoms with Gasteiger partial charge in [0.25, 0.3) is 0 Å². The van der Waals surface area contributed by atoms with Crippen LogP contribution in [0.25, 0.3) is 0 Å². The number of carbonyl (C=O) groups is 1. The van der Waals surface area contributed by atoms with Crippen molar-refractivity contribution in [1.29, 1.82) is 0 Å². The van der Waals surface area contributed by atoms with Gasteiger partial charge in [0.05, 0.1) is 0 Å². The molecule has 2 N–H and O–H groups in total. The lowest BCUT2D eigenvalue weighted by atomic mass is 9.83. The van der Waals surface area contributed by atoms with Crippen LogP contribution >= 0.6 is 11.6 Å². The Bertz CT molecular complexity index is 524. The molecule has 0 aromatic carbocycles. The van der Waals surface area contributed by atoms with E-state index in [0.29, 0.717) is 30.2 Å². The van der Waals surface area contributed by atoms with E-state index < -0.39 is 6.09 Å². The molecule has 2 heterocycles. The molecule has 7 heteroatoms. The molecule has 0 bridgehead atoms. The van der Waals surface area contributed by atoms with E-state index in [0.717, 1.165) is 18.7 Å². The van der Waals surface area contributed by atoms with Gasteiger partial charge in [-0.15, -0.1) is 10.2 Å². The Balaban J connectivity index is 1.64. The van der Waals surface area contributed by atoms with Crippen LogP contribution in [0.15, 0.2) is 12.1 Å². The van der Waals surface area contributed by atoms with Crippen LogP contribution < -0.4 is 5.32 Å². The second kappa shape index (κ2) is 4.77. The predicted molar refractivity (Wildman–Crippen MR) is 74.9 cm³/mol. The summed E-state index contributed by atoms with van der Waals surface area (Å²) >= 11 is 5.71. The van der Waals surface area contributed by atoms with Gasteiger partial charge in [-0.1, -0.05) is 18.5 Å². The third-order valence-electron chi connectivity index (χ3n) is 4.51. The molecular weight excluding hydrogens is 280 g/mol. The van der Waals surface area contributed by atoms with E-state index in [1.807, 2.05) is 6.07 Å². The lowest BCUT2D eigenvalue weighted by Gasteiger charge is -2.23. The number of anilines is 1. The standard InChI is InChI=1S/C13H17ClN4O2/c1-13-5-9(15-11-3-2-10(14)16-17-11)4-8(13)6-18(7-13)12(19)20/h2-3,8-9H,4-7H2,1H3,(H,15,17)(H,19,20)/t8-,9+,13+/m1/s1. The van der Waals surface area contributed by atoms with Crippen LogP contribution in [0, 0.1) is 11.3 Å². The molecule has 3 rings (SSSR count). The van der Waals surface area contributed by atoms with E-state index in [2.05, 4.69) is 22.4 Å². The van der Waals surface area contributed by atoms with Crippen molar-refractivity contribution in [3.05, 3.63) is 17.3 Å². The molecule has 1 saturated carbocycles. The average molecular weight is 297 g/mol. The number of halogens is 1. The maximum Gasteiger partial charge on any atom is 0.407 e. The normalized spacial score (nSPS) is 32.2. The number of likely N-dealkylation sites (tertiary alicyclic amines) is 1. The van der Waals surface area contributed by atoms with Crippen molar-refractivity contribution in [3.63, 3.8) is 0 Å². The van der Waals surface area contributed by atoms with Crippen LogP contribution in [-0.4, -0.2) is 45.4 Å². The van der Waals surface area contributed by atoms with Gasteiger partial charge in [0.1, 0.15) is 5.82 Å². The zero-order valence-electron chi connectivity index (χ0n) is 11.2. The van der Waals surface area contributed by atoms with Crippen molar-refractivity contribution in [1.82, 2.24) is 15.1 Å². The SMILES string of the molecule is C[C@@]12C[C@@H](Nc3ccc(Cl)nn3)C[C@@H]1CN(C(=O)O)C2. The number of hydrogen-bond acceptors (Lipinski definition) is 4. The van der Waals surface area contributed by atoms with Crippen LogP contribution in [0.5, 0.6) is 0 Å². The summed E-state index contributed by atoms with van der Waals surface area (Å²) in [5.41, 5.74) is 0.0654. The van der Waals surface area contributed by atoms with Crippen LogP contribution in [0.3, 0.4) is 0 Å². The van der Waals surface area contributed by atoms with Gasteiger partial charge in [-0.25, -0.2) is 4.79 Å². The molecule has 1 amide bonds. The molecule has 0 radical (unpaired) electrons. The van der Waals surface area contributed by atoms with E-state index in [9.17, 15) is 4.79 Å². The van der Waals surface area contributed by atoms with Crippen molar-refractivity contribution in [2.45, 2.75) is 25.8 Å². The summed E-state index contributed by atoms with van der Waals surface area (Å²) in [6.07, 6.45) is 1.10. The van der Waals surface area contributed by atoms with Crippen molar-refractivity contribution in [3.8, 4) is 0 Å². The third kappa shape index (κ3) is 2.40. The van der Waals surface area contributed by atoms with Gasteiger partial charge in [-0.3, -0.25) is 0 Å². The minimum Gasteiger partial charge on any atom is -0.465 e. The highest BCUT2D eigenvalue weighted by Gasteiger charge is 2.50. The second-order valence-electron chi connectivity index (χ2n) is 6.04. The highest BCUT2D eigenvalue weighted by Crippen LogP contribution is 2.48. The molecule has 1 aliphatic heterocycles. The van der Waals surface area contributed by atoms with Gasteiger partial charge in [-0.05, 0) is 36.3 Å². The third-order valence-corrected chi connectivity index (χ3v) is 4.72. The average Bonchev–Trinajstić information content (AvgIpc) is 2.83. The molecule has 20 heavy (non-hydrogen) atoms. The van der Waals surface area contributed by atoms with Gasteiger partial charge < -0.3 is 15.3 Å². The molecule has 2 fully saturated rings. The highest BCUT2D eigenvalue weighted by atomic mass is 35.5. The zero-order chi connectivity index (χ0) is 14.3. The molecule has 3 atom stereocenters. The summed E-state index contributed by atoms with van der Waals surface area (Å²) in [4.78, 5) is 12.6. The Labute approximate surface area is 122 Å². The Kier molecular flexibility index (Phi) is 3.20. The molecule has 108 valence electrons. The molecule has 2 aliphatic rings. The van der Waals surface area contributed by atoms with Gasteiger partial charge in [0.2, 0.25) is 0 Å². The fourth-order valence-corrected chi connectivity index (χ4v) is 3.65. The number of hydrogen-bond donors (Lipinski definition) is 2. The molecule has 1 saturated heterocycles. The lowest BCUT2D eigenvalue weighted by molar-refractivity contribution is 0.148. The number of carboxylic acid groups (broad SMARTS) is 1. The number of aromatic nitrogens is 2. The number of fused-ring (bicyclic) bond motifs is 1. The Morgan fingerprint density at radius 1 is 1.55 bits per heavy atom. The maximum absolute atomic E-state index is 11.1. The Morgan fingerprint density at radius 3 is 2.95 bits per heavy atom. The van der Waals surface area contributed by atoms with Gasteiger partial charge >= 0.3 is 6.09 Å². The summed E-state index contributed by atoms with van der Waals surface area (Å²) in [5.74, 6) is 1.13. The molecule has 1 aromatic rings. The van der Waals surface area contributed by atoms with Crippen LogP contribution in [0.4, 0.5) is 10.6 Å². The number of rotatable bonds is 2. The first-order chi connectivity index (χ1) is 9.46. The van der Waals surface area contributed by atoms with Gasteiger partial charge in [-0.2, -0.15) is 0 Å². The van der Waals surface area contributed by atoms with E-state index in [4.69, 9.17) is 16.7 Å². The van der Waals surface area contributed by atoms with Crippen molar-refractivity contribution in [2.24, 2.45) is 11.3 Å². The number of nitrogens with zero attached hydrogens (tertiary/aromatic N) is 3. The summed E-state index contributed by atoms with van der Waals surface area (Å²) in [6, 6.07) is 3.84. The number of amides is 1. The quantitative estimate of drug-likeness (QED) is 0.875. The summed E-state index contributed by atoms with van der Waals surface area (Å²) in [6.45, 7) is 3.43. The minimum absolute atomic E-state index is 0.0654. The lowest BCUT2D eigenvalue weighted by Crippen LogP contribution is -2.31. The largest absolute Gasteiger partial charge is 0.465 e. The Morgan fingerprint density at radius 2 is 2.35 bits per heavy atom. The maximum atomic E-state index is 11.1. The summed E-state index contributed by atoms with van der Waals surface area (Å²) < 4.78 is 0. The van der Waals surface area contributed by atoms with Gasteiger partial charge in [0.15, 0.2) is 5.15 Å². The molecular formula is C13H17ClN4O2. The van der Waals surface area contributed by atoms with Crippen LogP contribution in [-0.2, 0) is 0 Å². The van der Waals surface area contributed by atoms with Crippen molar-refractivity contribution in [2.75, 3.05) is 18.4 Å². The van der Waals surface area contributed by atoms with Gasteiger partial charge in [0, 0.05) is 19.1 Å². The van der Waals surface area contributed by atoms with E-state index in [1.54, 1.807) is 6.07 Å². The van der Waals surface area contributed by atoms with Crippen molar-refractivity contribution >= 4 is 23.5 Å². The minimum atomic E-state index is -0.811. The van der Waals surface area contributed by atoms with Crippen LogP contribution in [0.1, 0.15) is 19.8 Å². The zero-order valence-corrected chi connectivity index (χ0v) is 12.0. The topological polar surface area (TPSA) is 78.4 Å². The molecule has 6 nitrogen and oxygen atoms in total. The number of nitrogens with one attached hydrogen (secondary N) is 1. The van der Waals surface area contributed by atoms with E-state index in [-0.39, 0.29) is 5.41 Å². The highest BCUT2D eigenvalue weighted by molar-refractivity contribution is 6.29. The Hall–Kier alpha value is -1.56. The molecule has 1 aliphatic carbocycles.